The lowest BCUT2D eigenvalue weighted by molar-refractivity contribution is 0.415. The molecule has 0 amide bonds. The predicted molar refractivity (Wildman–Crippen MR) is 97.6 cm³/mol. The van der Waals surface area contributed by atoms with Gasteiger partial charge in [0.15, 0.2) is 0 Å². The molecule has 0 aliphatic rings. The van der Waals surface area contributed by atoms with Gasteiger partial charge in [0, 0.05) is 22.3 Å². The fourth-order valence-corrected chi connectivity index (χ4v) is 2.86. The molecule has 2 aromatic carbocycles. The third kappa shape index (κ3) is 3.33. The van der Waals surface area contributed by atoms with Crippen LogP contribution in [0, 0.1) is 0 Å². The molecule has 3 aromatic rings. The van der Waals surface area contributed by atoms with Crippen molar-refractivity contribution >= 4 is 39.1 Å². The van der Waals surface area contributed by atoms with Crippen molar-refractivity contribution in [3.05, 3.63) is 41.4 Å². The van der Waals surface area contributed by atoms with Crippen LogP contribution in [-0.2, 0) is 0 Å². The van der Waals surface area contributed by atoms with E-state index in [0.29, 0.717) is 11.6 Å². The molecule has 5 heteroatoms. The van der Waals surface area contributed by atoms with Crippen LogP contribution in [0.4, 0.5) is 5.69 Å². The number of nitrogens with zero attached hydrogens (tertiary/aromatic N) is 1. The third-order valence-corrected chi connectivity index (χ3v) is 4.11. The Kier molecular flexibility index (Phi) is 4.84. The van der Waals surface area contributed by atoms with Crippen molar-refractivity contribution in [3.8, 4) is 5.75 Å². The van der Waals surface area contributed by atoms with Crippen molar-refractivity contribution in [2.75, 3.05) is 25.5 Å². The number of aromatic nitrogens is 1. The largest absolute Gasteiger partial charge is 0.497 e. The van der Waals surface area contributed by atoms with Crippen molar-refractivity contribution in [3.63, 3.8) is 0 Å². The molecule has 23 heavy (non-hydrogen) atoms. The van der Waals surface area contributed by atoms with E-state index in [1.807, 2.05) is 36.4 Å². The van der Waals surface area contributed by atoms with Crippen molar-refractivity contribution < 1.29 is 4.74 Å². The Bertz CT molecular complexity index is 835. The number of halogens is 1. The Morgan fingerprint density at radius 3 is 2.74 bits per heavy atom. The van der Waals surface area contributed by atoms with Gasteiger partial charge in [0.05, 0.1) is 23.8 Å². The van der Waals surface area contributed by atoms with Crippen molar-refractivity contribution in [2.45, 2.75) is 12.8 Å². The summed E-state index contributed by atoms with van der Waals surface area (Å²) >= 11 is 6.12. The summed E-state index contributed by atoms with van der Waals surface area (Å²) in [4.78, 5) is 4.72. The lowest BCUT2D eigenvalue weighted by atomic mass is 10.1. The fourth-order valence-electron chi connectivity index (χ4n) is 2.70. The molecule has 0 radical (unpaired) electrons. The minimum Gasteiger partial charge on any atom is -0.497 e. The maximum Gasteiger partial charge on any atom is 0.119 e. The first-order chi connectivity index (χ1) is 11.2. The zero-order valence-corrected chi connectivity index (χ0v) is 13.9. The van der Waals surface area contributed by atoms with Crippen molar-refractivity contribution in [1.82, 2.24) is 4.98 Å². The zero-order valence-electron chi connectivity index (χ0n) is 13.1. The first kappa shape index (κ1) is 15.8. The maximum atomic E-state index is 6.12. The Morgan fingerprint density at radius 1 is 1.09 bits per heavy atom. The second kappa shape index (κ2) is 7.02. The molecule has 3 N–H and O–H groups in total. The molecule has 0 aliphatic carbocycles. The normalized spacial score (nSPS) is 11.1. The molecule has 4 nitrogen and oxygen atoms in total. The number of anilines is 1. The van der Waals surface area contributed by atoms with Crippen LogP contribution < -0.4 is 15.8 Å². The molecule has 120 valence electrons. The van der Waals surface area contributed by atoms with Gasteiger partial charge in [-0.2, -0.15) is 0 Å². The molecule has 0 saturated carbocycles. The van der Waals surface area contributed by atoms with Crippen LogP contribution in [0.3, 0.4) is 0 Å². The molecule has 0 atom stereocenters. The molecular weight excluding hydrogens is 310 g/mol. The molecule has 0 bridgehead atoms. The van der Waals surface area contributed by atoms with Crippen LogP contribution in [-0.4, -0.2) is 25.2 Å². The van der Waals surface area contributed by atoms with Crippen LogP contribution in [0.2, 0.25) is 5.02 Å². The monoisotopic (exact) mass is 329 g/mol. The van der Waals surface area contributed by atoms with Crippen LogP contribution in [0.1, 0.15) is 12.8 Å². The van der Waals surface area contributed by atoms with Gasteiger partial charge in [0.25, 0.3) is 0 Å². The highest BCUT2D eigenvalue weighted by Gasteiger charge is 2.10. The number of fused-ring (bicyclic) bond motifs is 2. The number of pyridine rings is 1. The van der Waals surface area contributed by atoms with E-state index in [0.717, 1.165) is 52.6 Å². The topological polar surface area (TPSA) is 60.2 Å². The molecule has 1 aromatic heterocycles. The van der Waals surface area contributed by atoms with Gasteiger partial charge >= 0.3 is 0 Å². The summed E-state index contributed by atoms with van der Waals surface area (Å²) in [5.41, 5.74) is 8.45. The number of unbranched alkanes of at least 4 members (excludes halogenated alkanes) is 1. The van der Waals surface area contributed by atoms with E-state index in [1.54, 1.807) is 7.11 Å². The van der Waals surface area contributed by atoms with Crippen LogP contribution >= 0.6 is 11.6 Å². The number of nitrogens with one attached hydrogen (secondary N) is 1. The quantitative estimate of drug-likeness (QED) is 0.525. The second-order valence-electron chi connectivity index (χ2n) is 5.45. The first-order valence-electron chi connectivity index (χ1n) is 7.74. The molecule has 0 saturated heterocycles. The van der Waals surface area contributed by atoms with Gasteiger partial charge < -0.3 is 15.8 Å². The van der Waals surface area contributed by atoms with E-state index >= 15 is 0 Å². The summed E-state index contributed by atoms with van der Waals surface area (Å²) in [7, 11) is 1.67. The second-order valence-corrected chi connectivity index (χ2v) is 5.89. The minimum atomic E-state index is 0.687. The molecule has 0 fully saturated rings. The summed E-state index contributed by atoms with van der Waals surface area (Å²) < 4.78 is 5.36. The zero-order chi connectivity index (χ0) is 16.2. The van der Waals surface area contributed by atoms with E-state index in [4.69, 9.17) is 27.1 Å². The molecule has 0 aliphatic heterocycles. The minimum absolute atomic E-state index is 0.687. The first-order valence-corrected chi connectivity index (χ1v) is 8.11. The van der Waals surface area contributed by atoms with Gasteiger partial charge in [-0.25, -0.2) is 4.98 Å². The number of hydrogen-bond acceptors (Lipinski definition) is 4. The predicted octanol–water partition coefficient (Wildman–Crippen LogP) is 4.20. The van der Waals surface area contributed by atoms with E-state index < -0.39 is 0 Å². The molecule has 0 spiro atoms. The third-order valence-electron chi connectivity index (χ3n) is 3.88. The van der Waals surface area contributed by atoms with Gasteiger partial charge in [-0.15, -0.1) is 0 Å². The van der Waals surface area contributed by atoms with Crippen LogP contribution in [0.25, 0.3) is 21.8 Å². The van der Waals surface area contributed by atoms with Gasteiger partial charge in [-0.3, -0.25) is 0 Å². The summed E-state index contributed by atoms with van der Waals surface area (Å²) in [6, 6.07) is 11.7. The van der Waals surface area contributed by atoms with E-state index in [2.05, 4.69) is 5.32 Å². The highest BCUT2D eigenvalue weighted by molar-refractivity contribution is 6.31. The van der Waals surface area contributed by atoms with Gasteiger partial charge in [0.2, 0.25) is 0 Å². The molecule has 0 unspecified atom stereocenters. The number of methoxy groups -OCH3 is 1. The lowest BCUT2D eigenvalue weighted by Gasteiger charge is -2.14. The fraction of sp³-hybridized carbons (Fsp3) is 0.278. The van der Waals surface area contributed by atoms with E-state index in [9.17, 15) is 0 Å². The van der Waals surface area contributed by atoms with E-state index in [1.165, 1.54) is 0 Å². The number of rotatable bonds is 6. The summed E-state index contributed by atoms with van der Waals surface area (Å²) in [6.45, 7) is 1.58. The molecule has 1 heterocycles. The molecule has 3 rings (SSSR count). The highest BCUT2D eigenvalue weighted by Crippen LogP contribution is 2.34. The Hall–Kier alpha value is -2.04. The number of ether oxygens (including phenoxy) is 1. The Labute approximate surface area is 140 Å². The smallest absolute Gasteiger partial charge is 0.119 e. The van der Waals surface area contributed by atoms with Gasteiger partial charge in [-0.1, -0.05) is 11.6 Å². The SMILES string of the molecule is COc1ccc2nc3cc(Cl)ccc3c(NCCCCN)c2c1. The molecular formula is C18H20ClN3O. The van der Waals surface area contributed by atoms with E-state index in [-0.39, 0.29) is 0 Å². The van der Waals surface area contributed by atoms with Gasteiger partial charge in [-0.05, 0) is 55.8 Å². The Balaban J connectivity index is 2.14. The Morgan fingerprint density at radius 2 is 1.96 bits per heavy atom. The van der Waals surface area contributed by atoms with Crippen molar-refractivity contribution in [1.29, 1.82) is 0 Å². The van der Waals surface area contributed by atoms with Crippen LogP contribution in [0.5, 0.6) is 5.75 Å². The number of nitrogens with two attached hydrogens (primary N) is 1. The summed E-state index contributed by atoms with van der Waals surface area (Å²) in [5, 5.41) is 6.34. The number of benzene rings is 2. The average molecular weight is 330 g/mol. The standard InChI is InChI=1S/C18H20ClN3O/c1-23-13-5-7-16-15(11-13)18(21-9-3-2-8-20)14-6-4-12(19)10-17(14)22-16/h4-7,10-11H,2-3,8-9,20H2,1H3,(H,21,22). The maximum absolute atomic E-state index is 6.12. The van der Waals surface area contributed by atoms with Gasteiger partial charge in [0.1, 0.15) is 5.75 Å². The number of hydrogen-bond donors (Lipinski definition) is 2. The average Bonchev–Trinajstić information content (AvgIpc) is 2.57. The van der Waals surface area contributed by atoms with Crippen molar-refractivity contribution in [2.24, 2.45) is 5.73 Å². The van der Waals surface area contributed by atoms with Crippen LogP contribution in [0.15, 0.2) is 36.4 Å². The summed E-state index contributed by atoms with van der Waals surface area (Å²) in [6.07, 6.45) is 2.03. The lowest BCUT2D eigenvalue weighted by Crippen LogP contribution is -2.06. The highest BCUT2D eigenvalue weighted by atomic mass is 35.5. The summed E-state index contributed by atoms with van der Waals surface area (Å²) in [5.74, 6) is 0.817.